The number of benzene rings is 2. The van der Waals surface area contributed by atoms with Crippen molar-refractivity contribution in [3.8, 4) is 0 Å². The molecule has 1 aliphatic heterocycles. The zero-order valence-electron chi connectivity index (χ0n) is 13.8. The SMILES string of the molecule is NS(=O)(=O)c1ccc(N2CC(O)(C(F)(F)F)N=C2c2ccc(Cl)c(Cl)c2)cc1. The number of hydrogen-bond acceptors (Lipinski definition) is 5. The Hall–Kier alpha value is -1.85. The maximum atomic E-state index is 13.4. The van der Waals surface area contributed by atoms with Crippen molar-refractivity contribution in [3.63, 3.8) is 0 Å². The van der Waals surface area contributed by atoms with Crippen molar-refractivity contribution in [1.82, 2.24) is 0 Å². The minimum atomic E-state index is -5.04. The molecular formula is C16H12Cl2F3N3O3S. The van der Waals surface area contributed by atoms with Crippen LogP contribution in [0, 0.1) is 0 Å². The van der Waals surface area contributed by atoms with E-state index >= 15 is 0 Å². The molecule has 1 heterocycles. The Morgan fingerprint density at radius 1 is 1.11 bits per heavy atom. The lowest BCUT2D eigenvalue weighted by Gasteiger charge is -2.25. The summed E-state index contributed by atoms with van der Waals surface area (Å²) in [6, 6.07) is 8.90. The van der Waals surface area contributed by atoms with Gasteiger partial charge in [0.1, 0.15) is 5.84 Å². The summed E-state index contributed by atoms with van der Waals surface area (Å²) in [5.41, 5.74) is -3.00. The molecule has 0 saturated carbocycles. The van der Waals surface area contributed by atoms with Gasteiger partial charge in [0.25, 0.3) is 5.72 Å². The summed E-state index contributed by atoms with van der Waals surface area (Å²) >= 11 is 11.8. The van der Waals surface area contributed by atoms with Crippen LogP contribution >= 0.6 is 23.2 Å². The number of rotatable bonds is 3. The number of nitrogens with two attached hydrogens (primary N) is 1. The number of sulfonamides is 1. The van der Waals surface area contributed by atoms with Crippen LogP contribution in [0.15, 0.2) is 52.4 Å². The quantitative estimate of drug-likeness (QED) is 0.745. The Kier molecular flexibility index (Phi) is 5.13. The largest absolute Gasteiger partial charge is 0.440 e. The van der Waals surface area contributed by atoms with Gasteiger partial charge in [0, 0.05) is 11.3 Å². The number of aliphatic hydroxyl groups is 1. The first-order chi connectivity index (χ1) is 12.8. The zero-order valence-corrected chi connectivity index (χ0v) is 16.1. The molecule has 0 amide bonds. The number of hydrogen-bond donors (Lipinski definition) is 2. The van der Waals surface area contributed by atoms with Crippen molar-refractivity contribution in [2.75, 3.05) is 11.4 Å². The Bertz CT molecular complexity index is 1060. The fraction of sp³-hybridized carbons (Fsp3) is 0.188. The van der Waals surface area contributed by atoms with Crippen LogP contribution in [0.5, 0.6) is 0 Å². The predicted molar refractivity (Wildman–Crippen MR) is 99.2 cm³/mol. The Morgan fingerprint density at radius 3 is 2.21 bits per heavy atom. The van der Waals surface area contributed by atoms with Crippen molar-refractivity contribution in [2.24, 2.45) is 10.1 Å². The third kappa shape index (κ3) is 3.83. The molecule has 0 spiro atoms. The summed E-state index contributed by atoms with van der Waals surface area (Å²) in [5.74, 6) is -0.207. The molecule has 2 aromatic rings. The molecule has 0 aliphatic carbocycles. The lowest BCUT2D eigenvalue weighted by atomic mass is 10.1. The molecule has 150 valence electrons. The summed E-state index contributed by atoms with van der Waals surface area (Å²) in [6.45, 7) is -0.930. The van der Waals surface area contributed by atoms with Crippen LogP contribution in [0.1, 0.15) is 5.56 Å². The van der Waals surface area contributed by atoms with E-state index in [4.69, 9.17) is 28.3 Å². The fourth-order valence-electron chi connectivity index (χ4n) is 2.60. The molecule has 0 bridgehead atoms. The Balaban J connectivity index is 2.10. The number of aliphatic imine (C=N–C) groups is 1. The molecule has 1 atom stereocenters. The molecule has 12 heteroatoms. The number of nitrogens with zero attached hydrogens (tertiary/aromatic N) is 2. The van der Waals surface area contributed by atoms with Gasteiger partial charge >= 0.3 is 6.18 Å². The lowest BCUT2D eigenvalue weighted by molar-refractivity contribution is -0.249. The van der Waals surface area contributed by atoms with Gasteiger partial charge in [-0.2, -0.15) is 13.2 Å². The third-order valence-electron chi connectivity index (χ3n) is 4.03. The highest BCUT2D eigenvalue weighted by molar-refractivity contribution is 7.89. The number of anilines is 1. The molecule has 0 fully saturated rings. The van der Waals surface area contributed by atoms with Gasteiger partial charge in [-0.15, -0.1) is 0 Å². The predicted octanol–water partition coefficient (Wildman–Crippen LogP) is 3.16. The van der Waals surface area contributed by atoms with E-state index in [0.29, 0.717) is 0 Å². The zero-order chi connectivity index (χ0) is 20.9. The number of β-amino-alcohol motifs (C(OH)–C–C–N with tert-alkyl or cyclic N) is 1. The monoisotopic (exact) mass is 453 g/mol. The summed E-state index contributed by atoms with van der Waals surface area (Å²) in [4.78, 5) is 4.37. The average molecular weight is 454 g/mol. The van der Waals surface area contributed by atoms with Crippen LogP contribution in [-0.2, 0) is 10.0 Å². The molecule has 3 rings (SSSR count). The van der Waals surface area contributed by atoms with E-state index in [1.165, 1.54) is 30.3 Å². The van der Waals surface area contributed by atoms with Crippen molar-refractivity contribution in [2.45, 2.75) is 16.8 Å². The third-order valence-corrected chi connectivity index (χ3v) is 5.70. The Morgan fingerprint density at radius 2 is 1.71 bits per heavy atom. The summed E-state index contributed by atoms with van der Waals surface area (Å²) < 4.78 is 62.8. The standard InChI is InChI=1S/C16H12Cl2F3N3O3S/c17-12-6-1-9(7-13(12)18)14-23-15(25,16(19,20)21)8-24(14)10-2-4-11(5-3-10)28(22,26)27/h1-7,25H,8H2,(H2,22,26,27). The van der Waals surface area contributed by atoms with E-state index < -0.39 is 28.5 Å². The molecule has 0 aromatic heterocycles. The second kappa shape index (κ2) is 6.89. The highest BCUT2D eigenvalue weighted by atomic mass is 35.5. The molecule has 3 N–H and O–H groups in total. The van der Waals surface area contributed by atoms with Crippen molar-refractivity contribution in [1.29, 1.82) is 0 Å². The van der Waals surface area contributed by atoms with Gasteiger partial charge < -0.3 is 10.0 Å². The molecule has 28 heavy (non-hydrogen) atoms. The fourth-order valence-corrected chi connectivity index (χ4v) is 3.42. The van der Waals surface area contributed by atoms with Crippen LogP contribution in [0.2, 0.25) is 10.0 Å². The van der Waals surface area contributed by atoms with Gasteiger partial charge in [0.15, 0.2) is 0 Å². The van der Waals surface area contributed by atoms with Crippen LogP contribution in [0.4, 0.5) is 18.9 Å². The molecule has 2 aromatic carbocycles. The van der Waals surface area contributed by atoms with E-state index in [1.54, 1.807) is 0 Å². The van der Waals surface area contributed by atoms with Crippen LogP contribution in [0.25, 0.3) is 0 Å². The Labute approximate surface area is 168 Å². The van der Waals surface area contributed by atoms with Crippen molar-refractivity contribution >= 4 is 44.7 Å². The smallest absolute Gasteiger partial charge is 0.361 e. The van der Waals surface area contributed by atoms with E-state index in [9.17, 15) is 26.7 Å². The number of amidine groups is 1. The van der Waals surface area contributed by atoms with E-state index in [0.717, 1.165) is 17.0 Å². The molecule has 0 radical (unpaired) electrons. The first-order valence-electron chi connectivity index (χ1n) is 7.57. The summed E-state index contributed by atoms with van der Waals surface area (Å²) in [5, 5.41) is 15.4. The van der Waals surface area contributed by atoms with Crippen LogP contribution in [0.3, 0.4) is 0 Å². The number of halogens is 5. The number of primary sulfonamides is 1. The first kappa shape index (κ1) is 20.9. The second-order valence-electron chi connectivity index (χ2n) is 6.00. The molecule has 6 nitrogen and oxygen atoms in total. The lowest BCUT2D eigenvalue weighted by Crippen LogP contribution is -2.47. The highest BCUT2D eigenvalue weighted by Gasteiger charge is 2.58. The maximum Gasteiger partial charge on any atom is 0.440 e. The number of alkyl halides is 3. The topological polar surface area (TPSA) is 96.0 Å². The second-order valence-corrected chi connectivity index (χ2v) is 8.38. The van der Waals surface area contributed by atoms with Gasteiger partial charge in [-0.25, -0.2) is 18.5 Å². The van der Waals surface area contributed by atoms with Crippen LogP contribution < -0.4 is 10.0 Å². The van der Waals surface area contributed by atoms with Gasteiger partial charge in [-0.05, 0) is 42.5 Å². The molecule has 1 aliphatic rings. The van der Waals surface area contributed by atoms with Gasteiger partial charge in [-0.3, -0.25) is 0 Å². The summed E-state index contributed by atoms with van der Waals surface area (Å²) in [7, 11) is -3.98. The molecule has 1 unspecified atom stereocenters. The van der Waals surface area contributed by atoms with Crippen LogP contribution in [-0.4, -0.2) is 37.8 Å². The van der Waals surface area contributed by atoms with E-state index in [-0.39, 0.29) is 32.0 Å². The van der Waals surface area contributed by atoms with Gasteiger partial charge in [0.2, 0.25) is 10.0 Å². The van der Waals surface area contributed by atoms with Crippen molar-refractivity contribution < 1.29 is 26.7 Å². The van der Waals surface area contributed by atoms with Gasteiger partial charge in [-0.1, -0.05) is 23.2 Å². The molecule has 0 saturated heterocycles. The van der Waals surface area contributed by atoms with E-state index in [1.807, 2.05) is 0 Å². The average Bonchev–Trinajstić information content (AvgIpc) is 2.96. The van der Waals surface area contributed by atoms with E-state index in [2.05, 4.69) is 4.99 Å². The van der Waals surface area contributed by atoms with Crippen molar-refractivity contribution in [3.05, 3.63) is 58.1 Å². The minimum absolute atomic E-state index is 0.0915. The minimum Gasteiger partial charge on any atom is -0.361 e. The summed E-state index contributed by atoms with van der Waals surface area (Å²) in [6.07, 6.45) is -5.04. The normalized spacial score (nSPS) is 20.4. The first-order valence-corrected chi connectivity index (χ1v) is 9.87. The highest BCUT2D eigenvalue weighted by Crippen LogP contribution is 2.39. The van der Waals surface area contributed by atoms with Gasteiger partial charge in [0.05, 0.1) is 21.5 Å². The molecular weight excluding hydrogens is 442 g/mol. The maximum absolute atomic E-state index is 13.4.